The summed E-state index contributed by atoms with van der Waals surface area (Å²) < 4.78 is 30.6. The molecule has 0 saturated heterocycles. The second-order valence-corrected chi connectivity index (χ2v) is 7.66. The first-order valence-corrected chi connectivity index (χ1v) is 9.78. The maximum Gasteiger partial charge on any atom is 0.171 e. The highest BCUT2D eigenvalue weighted by Crippen LogP contribution is 2.41. The Morgan fingerprint density at radius 3 is 2.83 bits per heavy atom. The highest BCUT2D eigenvalue weighted by atomic mass is 19.1. The molecule has 0 amide bonds. The summed E-state index contributed by atoms with van der Waals surface area (Å²) in [6, 6.07) is 5.10. The Morgan fingerprint density at radius 2 is 2.03 bits per heavy atom. The Bertz CT molecular complexity index is 1310. The molecule has 0 radical (unpaired) electrons. The number of nitrogens with zero attached hydrogens (tertiary/aromatic N) is 5. The predicted octanol–water partition coefficient (Wildman–Crippen LogP) is 3.06. The van der Waals surface area contributed by atoms with Crippen molar-refractivity contribution in [2.45, 2.75) is 19.4 Å². The first-order valence-electron chi connectivity index (χ1n) is 9.78. The summed E-state index contributed by atoms with van der Waals surface area (Å²) in [5.41, 5.74) is 3.95. The summed E-state index contributed by atoms with van der Waals surface area (Å²) in [4.78, 5) is 4.40. The molecule has 30 heavy (non-hydrogen) atoms. The van der Waals surface area contributed by atoms with E-state index in [2.05, 4.69) is 20.5 Å². The van der Waals surface area contributed by atoms with E-state index in [1.807, 2.05) is 35.2 Å². The molecule has 6 rings (SSSR count). The number of imidazole rings is 1. The third kappa shape index (κ3) is 2.35. The van der Waals surface area contributed by atoms with E-state index >= 15 is 0 Å². The number of nitrogens with one attached hydrogen (secondary N) is 1. The van der Waals surface area contributed by atoms with Gasteiger partial charge in [-0.15, -0.1) is 10.2 Å². The van der Waals surface area contributed by atoms with E-state index in [-0.39, 0.29) is 11.7 Å². The molecule has 1 atom stereocenters. The predicted molar refractivity (Wildman–Crippen MR) is 107 cm³/mol. The molecule has 3 aromatic heterocycles. The lowest BCUT2D eigenvalue weighted by Gasteiger charge is -2.16. The summed E-state index contributed by atoms with van der Waals surface area (Å²) >= 11 is 0. The van der Waals surface area contributed by atoms with Crippen LogP contribution in [0.5, 0.6) is 11.5 Å². The van der Waals surface area contributed by atoms with Gasteiger partial charge in [0.15, 0.2) is 17.2 Å². The van der Waals surface area contributed by atoms with E-state index < -0.39 is 0 Å². The number of halogens is 1. The van der Waals surface area contributed by atoms with Crippen LogP contribution >= 0.6 is 0 Å². The van der Waals surface area contributed by atoms with Crippen LogP contribution in [0.2, 0.25) is 0 Å². The largest absolute Gasteiger partial charge is 0.493 e. The van der Waals surface area contributed by atoms with Crippen LogP contribution in [0.3, 0.4) is 0 Å². The molecule has 0 bridgehead atoms. The van der Waals surface area contributed by atoms with Crippen molar-refractivity contribution >= 4 is 11.5 Å². The highest BCUT2D eigenvalue weighted by molar-refractivity contribution is 5.80. The fourth-order valence-corrected chi connectivity index (χ4v) is 4.33. The zero-order valence-electron chi connectivity index (χ0n) is 16.5. The average Bonchev–Trinajstić information content (AvgIpc) is 3.46. The molecule has 0 fully saturated rings. The van der Waals surface area contributed by atoms with Gasteiger partial charge >= 0.3 is 0 Å². The van der Waals surface area contributed by atoms with Crippen molar-refractivity contribution in [1.29, 1.82) is 0 Å². The molecule has 1 aromatic carbocycles. The van der Waals surface area contributed by atoms with Gasteiger partial charge in [-0.3, -0.25) is 4.40 Å². The van der Waals surface area contributed by atoms with Crippen LogP contribution in [0.4, 0.5) is 10.2 Å². The summed E-state index contributed by atoms with van der Waals surface area (Å²) in [5, 5.41) is 11.8. The third-order valence-corrected chi connectivity index (χ3v) is 6.02. The van der Waals surface area contributed by atoms with Crippen LogP contribution in [-0.2, 0) is 13.6 Å². The maximum atomic E-state index is 14.7. The van der Waals surface area contributed by atoms with Crippen molar-refractivity contribution in [2.75, 3.05) is 18.5 Å². The van der Waals surface area contributed by atoms with Gasteiger partial charge in [-0.1, -0.05) is 0 Å². The Morgan fingerprint density at radius 1 is 1.20 bits per heavy atom. The van der Waals surface area contributed by atoms with Crippen LogP contribution in [0, 0.1) is 12.7 Å². The SMILES string of the molecule is Cc1ncc(-c2cc3c(n4cnnc24)NCc2c(F)ccc4c2[C@H](CO4)CO3)n1C. The minimum absolute atomic E-state index is 0.0301. The van der Waals surface area contributed by atoms with Gasteiger partial charge < -0.3 is 19.4 Å². The van der Waals surface area contributed by atoms with Crippen molar-refractivity contribution in [3.05, 3.63) is 53.5 Å². The second-order valence-electron chi connectivity index (χ2n) is 7.66. The first-order chi connectivity index (χ1) is 14.6. The number of benzene rings is 1. The van der Waals surface area contributed by atoms with Crippen LogP contribution in [0.15, 0.2) is 30.7 Å². The quantitative estimate of drug-likeness (QED) is 0.524. The van der Waals surface area contributed by atoms with Crippen molar-refractivity contribution in [1.82, 2.24) is 24.1 Å². The topological polar surface area (TPSA) is 78.5 Å². The zero-order chi connectivity index (χ0) is 20.4. The first kappa shape index (κ1) is 17.3. The van der Waals surface area contributed by atoms with Gasteiger partial charge in [0.2, 0.25) is 0 Å². The van der Waals surface area contributed by atoms with Gasteiger partial charge in [-0.2, -0.15) is 0 Å². The number of aromatic nitrogens is 5. The molecule has 0 saturated carbocycles. The number of rotatable bonds is 1. The number of aryl methyl sites for hydroxylation is 1. The molecule has 4 aromatic rings. The van der Waals surface area contributed by atoms with Gasteiger partial charge in [0.1, 0.15) is 23.7 Å². The van der Waals surface area contributed by atoms with Crippen molar-refractivity contribution in [3.8, 4) is 22.8 Å². The second kappa shape index (κ2) is 6.19. The molecule has 152 valence electrons. The van der Waals surface area contributed by atoms with E-state index in [0.717, 1.165) is 28.4 Å². The molecular weight excluding hydrogens is 387 g/mol. The standard InChI is InChI=1S/C21H19FN6O2/c1-11-23-7-16(27(11)2)13-5-18-21(28-10-25-26-20(13)28)24-6-14-15(22)3-4-17-19(14)12(8-29-17)9-30-18/h3-5,7,10,12,24H,6,8-9H2,1-2H3/t12-/m1/s1. The number of hydrogen-bond donors (Lipinski definition) is 1. The molecule has 9 heteroatoms. The van der Waals surface area contributed by atoms with E-state index in [4.69, 9.17) is 9.47 Å². The molecule has 2 aliphatic heterocycles. The smallest absolute Gasteiger partial charge is 0.171 e. The number of anilines is 1. The minimum atomic E-state index is -0.248. The van der Waals surface area contributed by atoms with Gasteiger partial charge in [-0.25, -0.2) is 9.37 Å². The lowest BCUT2D eigenvalue weighted by atomic mass is 9.96. The lowest BCUT2D eigenvalue weighted by molar-refractivity contribution is 0.249. The number of pyridine rings is 1. The normalized spacial score (nSPS) is 17.2. The van der Waals surface area contributed by atoms with Crippen LogP contribution in [-0.4, -0.2) is 37.4 Å². The number of fused-ring (bicyclic) bond motifs is 3. The third-order valence-electron chi connectivity index (χ3n) is 6.02. The van der Waals surface area contributed by atoms with E-state index in [9.17, 15) is 4.39 Å². The van der Waals surface area contributed by atoms with E-state index in [1.54, 1.807) is 12.4 Å². The van der Waals surface area contributed by atoms with Gasteiger partial charge in [0.05, 0.1) is 31.0 Å². The Balaban J connectivity index is 1.53. The minimum Gasteiger partial charge on any atom is -0.493 e. The summed E-state index contributed by atoms with van der Waals surface area (Å²) in [6.07, 6.45) is 3.45. The van der Waals surface area contributed by atoms with Gasteiger partial charge in [0.25, 0.3) is 0 Å². The molecule has 0 spiro atoms. The summed E-state index contributed by atoms with van der Waals surface area (Å²) in [5.74, 6) is 2.69. The van der Waals surface area contributed by atoms with Crippen LogP contribution in [0.25, 0.3) is 16.9 Å². The number of ether oxygens (including phenoxy) is 2. The van der Waals surface area contributed by atoms with Gasteiger partial charge in [-0.05, 0) is 25.1 Å². The van der Waals surface area contributed by atoms with Crippen molar-refractivity contribution in [2.24, 2.45) is 7.05 Å². The Labute approximate surface area is 171 Å². The van der Waals surface area contributed by atoms with Gasteiger partial charge in [0, 0.05) is 30.3 Å². The average molecular weight is 406 g/mol. The summed E-state index contributed by atoms with van der Waals surface area (Å²) in [6.45, 7) is 3.12. The molecule has 2 aliphatic rings. The van der Waals surface area contributed by atoms with E-state index in [1.165, 1.54) is 6.07 Å². The Kier molecular flexibility index (Phi) is 3.56. The lowest BCUT2D eigenvalue weighted by Crippen LogP contribution is -2.13. The highest BCUT2D eigenvalue weighted by Gasteiger charge is 2.31. The molecule has 5 heterocycles. The van der Waals surface area contributed by atoms with E-state index in [0.29, 0.717) is 42.5 Å². The molecular formula is C21H19FN6O2. The fourth-order valence-electron chi connectivity index (χ4n) is 4.33. The fraction of sp³-hybridized carbons (Fsp3) is 0.286. The van der Waals surface area contributed by atoms with Crippen molar-refractivity contribution < 1.29 is 13.9 Å². The monoisotopic (exact) mass is 406 g/mol. The zero-order valence-corrected chi connectivity index (χ0v) is 16.5. The maximum absolute atomic E-state index is 14.7. The Hall–Kier alpha value is -3.62. The molecule has 0 unspecified atom stereocenters. The van der Waals surface area contributed by atoms with Crippen LogP contribution in [0.1, 0.15) is 22.9 Å². The van der Waals surface area contributed by atoms with Crippen molar-refractivity contribution in [3.63, 3.8) is 0 Å². The number of hydrogen-bond acceptors (Lipinski definition) is 6. The summed E-state index contributed by atoms with van der Waals surface area (Å²) in [7, 11) is 1.96. The molecule has 8 nitrogen and oxygen atoms in total. The van der Waals surface area contributed by atoms with Crippen LogP contribution < -0.4 is 14.8 Å². The molecule has 0 aliphatic carbocycles. The molecule has 1 N–H and O–H groups in total.